The van der Waals surface area contributed by atoms with Crippen molar-refractivity contribution in [3.63, 3.8) is 0 Å². The third-order valence-electron chi connectivity index (χ3n) is 5.33. The van der Waals surface area contributed by atoms with E-state index in [0.29, 0.717) is 18.0 Å². The summed E-state index contributed by atoms with van der Waals surface area (Å²) in [5, 5.41) is 0. The number of amides is 2. The number of anilines is 1. The smallest absolute Gasteiger partial charge is 0.252 e. The lowest BCUT2D eigenvalue weighted by Crippen LogP contribution is -2.58. The Morgan fingerprint density at radius 1 is 0.969 bits per heavy atom. The van der Waals surface area contributed by atoms with Crippen molar-refractivity contribution in [2.75, 3.05) is 11.4 Å². The first-order valence-electron chi connectivity index (χ1n) is 9.94. The Kier molecular flexibility index (Phi) is 5.26. The van der Waals surface area contributed by atoms with E-state index in [1.165, 1.54) is 30.3 Å². The largest absolute Gasteiger partial charge is 0.455 e. The number of carbonyl (C=O) groups excluding carboxylic acids is 2. The van der Waals surface area contributed by atoms with Gasteiger partial charge in [0.25, 0.3) is 5.91 Å². The summed E-state index contributed by atoms with van der Waals surface area (Å²) in [6.07, 6.45) is 0. The number of nitrogens with two attached hydrogens (primary N) is 1. The minimum Gasteiger partial charge on any atom is -0.455 e. The number of nitrogens with zero attached hydrogens (tertiary/aromatic N) is 1. The summed E-state index contributed by atoms with van der Waals surface area (Å²) in [5.41, 5.74) is 5.65. The highest BCUT2D eigenvalue weighted by atomic mass is 32.2. The van der Waals surface area contributed by atoms with Crippen molar-refractivity contribution in [3.05, 3.63) is 78.4 Å². The molecule has 1 saturated heterocycles. The van der Waals surface area contributed by atoms with Crippen LogP contribution < -0.4 is 15.4 Å². The molecular weight excluding hydrogens is 428 g/mol. The van der Waals surface area contributed by atoms with Crippen molar-refractivity contribution in [2.24, 2.45) is 11.1 Å². The van der Waals surface area contributed by atoms with Gasteiger partial charge in [0.05, 0.1) is 15.9 Å². The third-order valence-corrected chi connectivity index (χ3v) is 7.13. The second kappa shape index (κ2) is 7.80. The van der Waals surface area contributed by atoms with E-state index < -0.39 is 21.2 Å². The first-order valence-corrected chi connectivity index (χ1v) is 11.4. The molecule has 2 N–H and O–H groups in total. The van der Waals surface area contributed by atoms with Crippen LogP contribution in [0, 0.1) is 5.41 Å². The highest BCUT2D eigenvalue weighted by Gasteiger charge is 2.44. The number of hydrogen-bond donors (Lipinski definition) is 1. The molecule has 3 aromatic rings. The van der Waals surface area contributed by atoms with Crippen LogP contribution in [-0.4, -0.2) is 26.8 Å². The molecule has 2 amide bonds. The zero-order valence-electron chi connectivity index (χ0n) is 17.6. The average molecular weight is 451 g/mol. The van der Waals surface area contributed by atoms with Crippen LogP contribution in [0.15, 0.2) is 82.6 Å². The standard InChI is InChI=1S/C24H22N2O5S/c1-24(2)15-26(23(24)28)16-11-13-18(14-12-16)32(29,30)20-10-6-9-19(22(25)27)21(20)31-17-7-4-3-5-8-17/h3-14H,15H2,1-2H3,(H2,25,27). The van der Waals surface area contributed by atoms with Crippen LogP contribution in [0.3, 0.4) is 0 Å². The van der Waals surface area contributed by atoms with Gasteiger partial charge in [0, 0.05) is 12.2 Å². The number of rotatable bonds is 6. The highest BCUT2D eigenvalue weighted by molar-refractivity contribution is 7.91. The number of ether oxygens (including phenoxy) is 1. The van der Waals surface area contributed by atoms with Gasteiger partial charge in [-0.25, -0.2) is 8.42 Å². The van der Waals surface area contributed by atoms with Gasteiger partial charge in [-0.2, -0.15) is 0 Å². The maximum absolute atomic E-state index is 13.4. The molecule has 8 heteroatoms. The molecule has 1 aliphatic rings. The van der Waals surface area contributed by atoms with Gasteiger partial charge in [-0.3, -0.25) is 9.59 Å². The third kappa shape index (κ3) is 3.73. The van der Waals surface area contributed by atoms with Crippen molar-refractivity contribution in [2.45, 2.75) is 23.6 Å². The van der Waals surface area contributed by atoms with Gasteiger partial charge in [-0.05, 0) is 62.4 Å². The van der Waals surface area contributed by atoms with Crippen molar-refractivity contribution in [3.8, 4) is 11.5 Å². The zero-order valence-corrected chi connectivity index (χ0v) is 18.4. The number of benzene rings is 3. The van der Waals surface area contributed by atoms with Gasteiger partial charge in [0.15, 0.2) is 5.75 Å². The first-order chi connectivity index (χ1) is 15.1. The number of hydrogen-bond acceptors (Lipinski definition) is 5. The molecule has 0 aromatic heterocycles. The van der Waals surface area contributed by atoms with Crippen LogP contribution in [0.2, 0.25) is 0 Å². The van der Waals surface area contributed by atoms with Crippen LogP contribution in [-0.2, 0) is 14.6 Å². The summed E-state index contributed by atoms with van der Waals surface area (Å²) >= 11 is 0. The van der Waals surface area contributed by atoms with Gasteiger partial charge >= 0.3 is 0 Å². The molecule has 1 heterocycles. The Bertz CT molecular complexity index is 1300. The first kappa shape index (κ1) is 21.6. The van der Waals surface area contributed by atoms with Crippen LogP contribution in [0.25, 0.3) is 0 Å². The van der Waals surface area contributed by atoms with Crippen molar-refractivity contribution >= 4 is 27.3 Å². The minimum absolute atomic E-state index is 0.00742. The second-order valence-electron chi connectivity index (χ2n) is 8.18. The van der Waals surface area contributed by atoms with Gasteiger partial charge in [-0.15, -0.1) is 0 Å². The molecule has 1 aliphatic heterocycles. The van der Waals surface area contributed by atoms with Gasteiger partial charge in [0.1, 0.15) is 10.6 Å². The molecule has 0 aliphatic carbocycles. The molecule has 0 unspecified atom stereocenters. The molecule has 1 fully saturated rings. The fourth-order valence-electron chi connectivity index (χ4n) is 3.58. The van der Waals surface area contributed by atoms with E-state index in [-0.39, 0.29) is 27.0 Å². The zero-order chi connectivity index (χ0) is 23.1. The quantitative estimate of drug-likeness (QED) is 0.575. The molecule has 4 rings (SSSR count). The monoisotopic (exact) mass is 450 g/mol. The van der Waals surface area contributed by atoms with Crippen molar-refractivity contribution in [1.82, 2.24) is 0 Å². The van der Waals surface area contributed by atoms with E-state index in [1.54, 1.807) is 47.4 Å². The molecule has 164 valence electrons. The Morgan fingerprint density at radius 3 is 2.19 bits per heavy atom. The lowest BCUT2D eigenvalue weighted by Gasteiger charge is -2.44. The van der Waals surface area contributed by atoms with E-state index in [0.717, 1.165) is 0 Å². The van der Waals surface area contributed by atoms with E-state index >= 15 is 0 Å². The Balaban J connectivity index is 1.73. The normalized spacial score (nSPS) is 15.2. The van der Waals surface area contributed by atoms with Gasteiger partial charge < -0.3 is 15.4 Å². The van der Waals surface area contributed by atoms with E-state index in [1.807, 2.05) is 13.8 Å². The summed E-state index contributed by atoms with van der Waals surface area (Å²) < 4.78 is 32.7. The summed E-state index contributed by atoms with van der Waals surface area (Å²) in [6.45, 7) is 4.29. The summed E-state index contributed by atoms with van der Waals surface area (Å²) in [5.74, 6) is -0.579. The van der Waals surface area contributed by atoms with Gasteiger partial charge in [0.2, 0.25) is 15.7 Å². The van der Waals surface area contributed by atoms with Crippen LogP contribution in [0.1, 0.15) is 24.2 Å². The predicted octanol–water partition coefficient (Wildman–Crippen LogP) is 3.78. The molecule has 0 saturated carbocycles. The van der Waals surface area contributed by atoms with Crippen molar-refractivity contribution in [1.29, 1.82) is 0 Å². The summed E-state index contributed by atoms with van der Waals surface area (Å²) in [4.78, 5) is 25.7. The Labute approximate surface area is 186 Å². The number of primary amides is 1. The molecule has 0 atom stereocenters. The Morgan fingerprint density at radius 2 is 1.62 bits per heavy atom. The minimum atomic E-state index is -4.05. The molecule has 0 radical (unpaired) electrons. The molecule has 3 aromatic carbocycles. The SMILES string of the molecule is CC1(C)CN(c2ccc(S(=O)(=O)c3cccc(C(N)=O)c3Oc3ccccc3)cc2)C1=O. The summed E-state index contributed by atoms with van der Waals surface area (Å²) in [6, 6.07) is 18.8. The van der Waals surface area contributed by atoms with Crippen LogP contribution >= 0.6 is 0 Å². The Hall–Kier alpha value is -3.65. The molecule has 0 spiro atoms. The highest BCUT2D eigenvalue weighted by Crippen LogP contribution is 2.38. The lowest BCUT2D eigenvalue weighted by molar-refractivity contribution is -0.132. The fourth-order valence-corrected chi connectivity index (χ4v) is 4.98. The van der Waals surface area contributed by atoms with E-state index in [4.69, 9.17) is 10.5 Å². The van der Waals surface area contributed by atoms with Crippen LogP contribution in [0.4, 0.5) is 5.69 Å². The van der Waals surface area contributed by atoms with Crippen molar-refractivity contribution < 1.29 is 22.7 Å². The number of para-hydroxylation sites is 2. The molecule has 7 nitrogen and oxygen atoms in total. The lowest BCUT2D eigenvalue weighted by atomic mass is 9.83. The number of β-lactam (4-membered cyclic amide) rings is 1. The maximum Gasteiger partial charge on any atom is 0.252 e. The molecule has 0 bridgehead atoms. The predicted molar refractivity (Wildman–Crippen MR) is 120 cm³/mol. The summed E-state index contributed by atoms with van der Waals surface area (Å²) in [7, 11) is -4.05. The topological polar surface area (TPSA) is 107 Å². The number of carbonyl (C=O) groups is 2. The van der Waals surface area contributed by atoms with Gasteiger partial charge in [-0.1, -0.05) is 24.3 Å². The average Bonchev–Trinajstić information content (AvgIpc) is 2.78. The van der Waals surface area contributed by atoms with E-state index in [2.05, 4.69) is 0 Å². The molecule has 32 heavy (non-hydrogen) atoms. The number of sulfone groups is 1. The van der Waals surface area contributed by atoms with Crippen LogP contribution in [0.5, 0.6) is 11.5 Å². The van der Waals surface area contributed by atoms with E-state index in [9.17, 15) is 18.0 Å². The molecular formula is C24H22N2O5S. The maximum atomic E-state index is 13.4. The fraction of sp³-hybridized carbons (Fsp3) is 0.167. The second-order valence-corrected chi connectivity index (χ2v) is 10.1.